The van der Waals surface area contributed by atoms with Gasteiger partial charge in [-0.25, -0.2) is 8.42 Å². The number of hydrogen-bond donors (Lipinski definition) is 1. The number of carbonyl (C=O) groups excluding carboxylic acids is 1. The molecule has 0 unspecified atom stereocenters. The second-order valence-corrected chi connectivity index (χ2v) is 8.43. The molecule has 0 spiro atoms. The van der Waals surface area contributed by atoms with Crippen molar-refractivity contribution < 1.29 is 17.9 Å². The molecule has 0 saturated heterocycles. The van der Waals surface area contributed by atoms with Gasteiger partial charge in [-0.3, -0.25) is 9.10 Å². The largest absolute Gasteiger partial charge is 0.491 e. The zero-order valence-corrected chi connectivity index (χ0v) is 17.0. The first-order chi connectivity index (χ1) is 12.7. The summed E-state index contributed by atoms with van der Waals surface area (Å²) in [6.07, 6.45) is 1.09. The van der Waals surface area contributed by atoms with Crippen molar-refractivity contribution in [3.63, 3.8) is 0 Å². The van der Waals surface area contributed by atoms with Crippen LogP contribution < -0.4 is 14.4 Å². The van der Waals surface area contributed by atoms with E-state index < -0.39 is 10.0 Å². The van der Waals surface area contributed by atoms with E-state index in [9.17, 15) is 13.2 Å². The van der Waals surface area contributed by atoms with Crippen LogP contribution in [0.4, 0.5) is 5.69 Å². The normalized spacial score (nSPS) is 11.1. The first-order valence-electron chi connectivity index (χ1n) is 8.68. The average molecular weight is 391 g/mol. The highest BCUT2D eigenvalue weighted by atomic mass is 32.2. The molecule has 0 aliphatic rings. The molecule has 0 aromatic heterocycles. The molecule has 1 amide bonds. The molecule has 27 heavy (non-hydrogen) atoms. The first kappa shape index (κ1) is 20.8. The number of sulfonamides is 1. The fraction of sp³-hybridized carbons (Fsp3) is 0.350. The van der Waals surface area contributed by atoms with Crippen molar-refractivity contribution in [1.29, 1.82) is 0 Å². The van der Waals surface area contributed by atoms with Gasteiger partial charge < -0.3 is 10.1 Å². The SMILES string of the molecule is Cc1ccc(OCCNC(=O)CN(c2ccccc2C)S(C)(=O)=O)c(C)c1. The zero-order chi connectivity index (χ0) is 20.0. The minimum Gasteiger partial charge on any atom is -0.491 e. The number of para-hydroxylation sites is 1. The molecule has 6 nitrogen and oxygen atoms in total. The minimum atomic E-state index is -3.58. The van der Waals surface area contributed by atoms with Crippen molar-refractivity contribution in [3.05, 3.63) is 59.2 Å². The maximum absolute atomic E-state index is 12.2. The van der Waals surface area contributed by atoms with Gasteiger partial charge in [0, 0.05) is 0 Å². The third-order valence-corrected chi connectivity index (χ3v) is 5.21. The van der Waals surface area contributed by atoms with Crippen molar-refractivity contribution in [2.24, 2.45) is 0 Å². The Hall–Kier alpha value is -2.54. The molecule has 7 heteroatoms. The van der Waals surface area contributed by atoms with Crippen molar-refractivity contribution in [3.8, 4) is 5.75 Å². The van der Waals surface area contributed by atoms with Crippen LogP contribution in [0.15, 0.2) is 42.5 Å². The summed E-state index contributed by atoms with van der Waals surface area (Å²) in [4.78, 5) is 12.2. The third-order valence-electron chi connectivity index (χ3n) is 4.08. The van der Waals surface area contributed by atoms with E-state index >= 15 is 0 Å². The Morgan fingerprint density at radius 1 is 1.07 bits per heavy atom. The van der Waals surface area contributed by atoms with Gasteiger partial charge in [-0.05, 0) is 44.0 Å². The van der Waals surface area contributed by atoms with E-state index in [-0.39, 0.29) is 19.0 Å². The van der Waals surface area contributed by atoms with E-state index in [0.717, 1.165) is 33.0 Å². The summed E-state index contributed by atoms with van der Waals surface area (Å²) in [6, 6.07) is 13.0. The second kappa shape index (κ2) is 8.90. The van der Waals surface area contributed by atoms with Crippen LogP contribution in [-0.2, 0) is 14.8 Å². The van der Waals surface area contributed by atoms with E-state index in [4.69, 9.17) is 4.74 Å². The van der Waals surface area contributed by atoms with Gasteiger partial charge in [0.15, 0.2) is 0 Å². The van der Waals surface area contributed by atoms with Crippen LogP contribution in [0.25, 0.3) is 0 Å². The zero-order valence-electron chi connectivity index (χ0n) is 16.2. The maximum Gasteiger partial charge on any atom is 0.240 e. The summed E-state index contributed by atoms with van der Waals surface area (Å²) < 4.78 is 31.0. The molecule has 2 aromatic carbocycles. The Morgan fingerprint density at radius 3 is 2.41 bits per heavy atom. The summed E-state index contributed by atoms with van der Waals surface area (Å²) in [5.41, 5.74) is 3.48. The van der Waals surface area contributed by atoms with E-state index in [1.165, 1.54) is 0 Å². The predicted molar refractivity (Wildman–Crippen MR) is 108 cm³/mol. The molecule has 0 atom stereocenters. The molecule has 0 saturated carbocycles. The Bertz CT molecular complexity index is 910. The topological polar surface area (TPSA) is 75.7 Å². The number of ether oxygens (including phenoxy) is 1. The molecule has 0 fully saturated rings. The Kier molecular flexibility index (Phi) is 6.85. The van der Waals surface area contributed by atoms with Crippen molar-refractivity contribution in [1.82, 2.24) is 5.32 Å². The number of nitrogens with zero attached hydrogens (tertiary/aromatic N) is 1. The molecule has 0 aliphatic carbocycles. The summed E-state index contributed by atoms with van der Waals surface area (Å²) in [6.45, 7) is 6.11. The highest BCUT2D eigenvalue weighted by Gasteiger charge is 2.21. The number of amides is 1. The Balaban J connectivity index is 1.92. The van der Waals surface area contributed by atoms with Crippen LogP contribution in [0, 0.1) is 20.8 Å². The van der Waals surface area contributed by atoms with Crippen molar-refractivity contribution >= 4 is 21.6 Å². The molecule has 0 radical (unpaired) electrons. The number of carbonyl (C=O) groups is 1. The number of rotatable bonds is 8. The highest BCUT2D eigenvalue weighted by molar-refractivity contribution is 7.92. The van der Waals surface area contributed by atoms with E-state index in [0.29, 0.717) is 12.3 Å². The molecule has 0 aliphatic heterocycles. The number of aryl methyl sites for hydroxylation is 3. The lowest BCUT2D eigenvalue weighted by Gasteiger charge is -2.23. The quantitative estimate of drug-likeness (QED) is 0.703. The fourth-order valence-electron chi connectivity index (χ4n) is 2.72. The van der Waals surface area contributed by atoms with Crippen LogP contribution in [-0.4, -0.2) is 40.3 Å². The predicted octanol–water partition coefficient (Wildman–Crippen LogP) is 2.57. The van der Waals surface area contributed by atoms with E-state index in [1.807, 2.05) is 51.1 Å². The number of anilines is 1. The van der Waals surface area contributed by atoms with E-state index in [1.54, 1.807) is 12.1 Å². The minimum absolute atomic E-state index is 0.271. The van der Waals surface area contributed by atoms with Crippen LogP contribution in [0.1, 0.15) is 16.7 Å². The van der Waals surface area contributed by atoms with Gasteiger partial charge >= 0.3 is 0 Å². The van der Waals surface area contributed by atoms with Gasteiger partial charge in [0.25, 0.3) is 0 Å². The summed E-state index contributed by atoms with van der Waals surface area (Å²) in [5, 5.41) is 2.71. The average Bonchev–Trinajstić information content (AvgIpc) is 2.58. The summed E-state index contributed by atoms with van der Waals surface area (Å²) in [5.74, 6) is 0.389. The third kappa shape index (κ3) is 5.99. The first-order valence-corrected chi connectivity index (χ1v) is 10.5. The summed E-state index contributed by atoms with van der Waals surface area (Å²) in [7, 11) is -3.58. The Labute approximate surface area is 161 Å². The van der Waals surface area contributed by atoms with Crippen LogP contribution in [0.3, 0.4) is 0 Å². The molecule has 146 valence electrons. The number of nitrogens with one attached hydrogen (secondary N) is 1. The maximum atomic E-state index is 12.2. The summed E-state index contributed by atoms with van der Waals surface area (Å²) >= 11 is 0. The molecular formula is C20H26N2O4S. The van der Waals surface area contributed by atoms with Gasteiger partial charge in [-0.2, -0.15) is 0 Å². The standard InChI is InChI=1S/C20H26N2O4S/c1-15-9-10-19(17(3)13-15)26-12-11-21-20(23)14-22(27(4,24)25)18-8-6-5-7-16(18)2/h5-10,13H,11-12,14H2,1-4H3,(H,21,23). The lowest BCUT2D eigenvalue weighted by atomic mass is 10.1. The Morgan fingerprint density at radius 2 is 1.78 bits per heavy atom. The van der Waals surface area contributed by atoms with Gasteiger partial charge in [-0.15, -0.1) is 0 Å². The van der Waals surface area contributed by atoms with E-state index in [2.05, 4.69) is 5.32 Å². The van der Waals surface area contributed by atoms with Crippen LogP contribution in [0.2, 0.25) is 0 Å². The second-order valence-electron chi connectivity index (χ2n) is 6.52. The monoisotopic (exact) mass is 390 g/mol. The molecule has 2 rings (SSSR count). The number of hydrogen-bond acceptors (Lipinski definition) is 4. The van der Waals surface area contributed by atoms with Gasteiger partial charge in [0.1, 0.15) is 18.9 Å². The molecular weight excluding hydrogens is 364 g/mol. The van der Waals surface area contributed by atoms with Crippen molar-refractivity contribution in [2.45, 2.75) is 20.8 Å². The number of benzene rings is 2. The van der Waals surface area contributed by atoms with Crippen molar-refractivity contribution in [2.75, 3.05) is 30.3 Å². The van der Waals surface area contributed by atoms with Crippen LogP contribution >= 0.6 is 0 Å². The van der Waals surface area contributed by atoms with Gasteiger partial charge in [-0.1, -0.05) is 35.9 Å². The molecule has 0 bridgehead atoms. The van der Waals surface area contributed by atoms with Gasteiger partial charge in [0.05, 0.1) is 18.5 Å². The highest BCUT2D eigenvalue weighted by Crippen LogP contribution is 2.21. The van der Waals surface area contributed by atoms with Crippen LogP contribution in [0.5, 0.6) is 5.75 Å². The lowest BCUT2D eigenvalue weighted by molar-refractivity contribution is -0.119. The molecule has 0 heterocycles. The molecule has 1 N–H and O–H groups in total. The smallest absolute Gasteiger partial charge is 0.240 e. The fourth-order valence-corrected chi connectivity index (χ4v) is 3.64. The molecule has 2 aromatic rings. The lowest BCUT2D eigenvalue weighted by Crippen LogP contribution is -2.41. The van der Waals surface area contributed by atoms with Gasteiger partial charge in [0.2, 0.25) is 15.9 Å².